The van der Waals surface area contributed by atoms with Crippen molar-refractivity contribution in [2.75, 3.05) is 45.2 Å². The van der Waals surface area contributed by atoms with Crippen molar-refractivity contribution in [2.24, 2.45) is 9.98 Å². The molecule has 8 nitrogen and oxygen atoms in total. The minimum atomic E-state index is -0.0933. The largest absolute Gasteiger partial charge is 0.497 e. The zero-order valence-corrected chi connectivity index (χ0v) is 15.6. The zero-order chi connectivity index (χ0) is 18.8. The van der Waals surface area contributed by atoms with Crippen molar-refractivity contribution in [1.29, 1.82) is 0 Å². The first kappa shape index (κ1) is 17.4. The molecule has 3 heterocycles. The van der Waals surface area contributed by atoms with E-state index in [2.05, 4.69) is 32.0 Å². The Labute approximate surface area is 158 Å². The number of amidine groups is 1. The minimum absolute atomic E-state index is 0.0933. The number of aliphatic imine (C=N–C) groups is 2. The van der Waals surface area contributed by atoms with Gasteiger partial charge in [-0.2, -0.15) is 0 Å². The Morgan fingerprint density at radius 1 is 1.26 bits per heavy atom. The number of hydrogen-bond donors (Lipinski definition) is 1. The number of methoxy groups -OCH3 is 1. The normalized spacial score (nSPS) is 21.6. The number of hydrogen-bond acceptors (Lipinski definition) is 6. The predicted octanol–water partition coefficient (Wildman–Crippen LogP) is 1.83. The average molecular weight is 368 g/mol. The Kier molecular flexibility index (Phi) is 4.70. The number of fused-ring (bicyclic) bond motifs is 1. The third-order valence-corrected chi connectivity index (χ3v) is 5.04. The molecule has 3 aliphatic rings. The second kappa shape index (κ2) is 7.30. The smallest absolute Gasteiger partial charge is 0.321 e. The number of rotatable bonds is 3. The number of ether oxygens (including phenoxy) is 1. The van der Waals surface area contributed by atoms with Crippen molar-refractivity contribution in [3.05, 3.63) is 36.2 Å². The lowest BCUT2D eigenvalue weighted by Crippen LogP contribution is -2.50. The fourth-order valence-corrected chi connectivity index (χ4v) is 3.40. The predicted molar refractivity (Wildman–Crippen MR) is 105 cm³/mol. The summed E-state index contributed by atoms with van der Waals surface area (Å²) in [4.78, 5) is 27.8. The highest BCUT2D eigenvalue weighted by atomic mass is 16.5. The van der Waals surface area contributed by atoms with E-state index in [4.69, 9.17) is 4.74 Å². The fraction of sp³-hybridized carbons (Fsp3) is 0.421. The van der Waals surface area contributed by atoms with E-state index in [1.165, 1.54) is 0 Å². The maximum absolute atomic E-state index is 12.5. The van der Waals surface area contributed by atoms with Crippen LogP contribution in [0.5, 0.6) is 5.75 Å². The molecule has 0 bridgehead atoms. The van der Waals surface area contributed by atoms with E-state index in [-0.39, 0.29) is 6.03 Å². The van der Waals surface area contributed by atoms with E-state index in [1.54, 1.807) is 7.11 Å². The summed E-state index contributed by atoms with van der Waals surface area (Å²) in [5.41, 5.74) is 0.731. The zero-order valence-electron chi connectivity index (χ0n) is 15.6. The molecule has 142 valence electrons. The third kappa shape index (κ3) is 3.60. The average Bonchev–Trinajstić information content (AvgIpc) is 3.08. The van der Waals surface area contributed by atoms with Crippen molar-refractivity contribution >= 4 is 23.9 Å². The molecule has 1 saturated heterocycles. The monoisotopic (exact) mass is 368 g/mol. The number of urea groups is 1. The molecule has 1 aromatic rings. The number of carbonyl (C=O) groups is 1. The van der Waals surface area contributed by atoms with Crippen molar-refractivity contribution in [1.82, 2.24) is 14.7 Å². The summed E-state index contributed by atoms with van der Waals surface area (Å²) in [6.07, 6.45) is 3.91. The van der Waals surface area contributed by atoms with E-state index < -0.39 is 0 Å². The van der Waals surface area contributed by atoms with Crippen LogP contribution in [0.4, 0.5) is 10.5 Å². The Hall–Kier alpha value is -3.03. The minimum Gasteiger partial charge on any atom is -0.497 e. The van der Waals surface area contributed by atoms with E-state index >= 15 is 0 Å². The van der Waals surface area contributed by atoms with Crippen LogP contribution in [0.1, 0.15) is 6.92 Å². The summed E-state index contributed by atoms with van der Waals surface area (Å²) in [6, 6.07) is 7.65. The van der Waals surface area contributed by atoms with Crippen LogP contribution >= 0.6 is 0 Å². The van der Waals surface area contributed by atoms with Gasteiger partial charge in [0.2, 0.25) is 0 Å². The summed E-state index contributed by atoms with van der Waals surface area (Å²) >= 11 is 0. The second-order valence-corrected chi connectivity index (χ2v) is 6.84. The first-order valence-corrected chi connectivity index (χ1v) is 9.17. The molecule has 8 heteroatoms. The third-order valence-electron chi connectivity index (χ3n) is 5.04. The van der Waals surface area contributed by atoms with Gasteiger partial charge in [-0.05, 0) is 19.1 Å². The Morgan fingerprint density at radius 2 is 2.07 bits per heavy atom. The molecular weight excluding hydrogens is 344 g/mol. The van der Waals surface area contributed by atoms with Crippen LogP contribution in [0, 0.1) is 0 Å². The van der Waals surface area contributed by atoms with Crippen LogP contribution < -0.4 is 10.1 Å². The van der Waals surface area contributed by atoms with Crippen LogP contribution in [-0.2, 0) is 0 Å². The number of nitrogens with one attached hydrogen (secondary N) is 1. The molecule has 0 saturated carbocycles. The molecule has 4 rings (SSSR count). The maximum atomic E-state index is 12.5. The van der Waals surface area contributed by atoms with E-state index in [9.17, 15) is 4.79 Å². The first-order chi connectivity index (χ1) is 13.1. The van der Waals surface area contributed by atoms with Crippen LogP contribution in [0.25, 0.3) is 0 Å². The van der Waals surface area contributed by atoms with Gasteiger partial charge in [0.25, 0.3) is 0 Å². The molecule has 2 amide bonds. The van der Waals surface area contributed by atoms with Crippen LogP contribution in [0.15, 0.2) is 46.1 Å². The lowest BCUT2D eigenvalue weighted by Gasteiger charge is -2.37. The molecule has 3 aliphatic heterocycles. The molecule has 1 N–H and O–H groups in total. The van der Waals surface area contributed by atoms with Gasteiger partial charge in [0.05, 0.1) is 26.0 Å². The number of amides is 2. The molecule has 27 heavy (non-hydrogen) atoms. The Balaban J connectivity index is 1.33. The number of nitrogens with zero attached hydrogens (tertiary/aromatic N) is 5. The van der Waals surface area contributed by atoms with E-state index in [0.717, 1.165) is 42.7 Å². The van der Waals surface area contributed by atoms with Gasteiger partial charge in [-0.25, -0.2) is 9.79 Å². The van der Waals surface area contributed by atoms with Crippen LogP contribution in [0.2, 0.25) is 0 Å². The molecule has 0 aromatic heterocycles. The topological polar surface area (TPSA) is 72.8 Å². The standard InChI is InChI=1S/C19H24N6O2/c1-14-12-20-18-11-17(21-13-25(14)18)23-6-8-24(9-7-23)19(26)22-15-4-3-5-16(10-15)27-2/h3-5,10-11,13-14H,6-9,12H2,1-2H3,(H,22,26)/t14-/m1/s1. The maximum Gasteiger partial charge on any atom is 0.321 e. The Bertz CT molecular complexity index is 810. The summed E-state index contributed by atoms with van der Waals surface area (Å²) in [5.74, 6) is 2.62. The molecule has 1 atom stereocenters. The lowest BCUT2D eigenvalue weighted by atomic mass is 10.2. The quantitative estimate of drug-likeness (QED) is 0.884. The summed E-state index contributed by atoms with van der Waals surface area (Å²) in [7, 11) is 1.61. The molecular formula is C19H24N6O2. The number of anilines is 1. The lowest BCUT2D eigenvalue weighted by molar-refractivity contribution is 0.166. The van der Waals surface area contributed by atoms with Gasteiger partial charge in [0.1, 0.15) is 17.4 Å². The van der Waals surface area contributed by atoms with Gasteiger partial charge in [0, 0.05) is 44.0 Å². The van der Waals surface area contributed by atoms with Gasteiger partial charge in [-0.1, -0.05) is 6.07 Å². The summed E-state index contributed by atoms with van der Waals surface area (Å²) in [6.45, 7) is 5.74. The number of benzene rings is 1. The first-order valence-electron chi connectivity index (χ1n) is 9.17. The number of carbonyl (C=O) groups excluding carboxylic acids is 1. The molecule has 0 spiro atoms. The molecule has 1 fully saturated rings. The molecule has 0 unspecified atom stereocenters. The van der Waals surface area contributed by atoms with Gasteiger partial charge in [-0.15, -0.1) is 0 Å². The van der Waals surface area contributed by atoms with E-state index in [0.29, 0.717) is 19.1 Å². The van der Waals surface area contributed by atoms with Gasteiger partial charge in [-0.3, -0.25) is 4.99 Å². The SMILES string of the molecule is COc1cccc(NC(=O)N2CCN(C3=CC4=NC[C@@H](C)N4C=N3)CC2)c1. The highest BCUT2D eigenvalue weighted by molar-refractivity contribution is 6.03. The number of piperazine rings is 1. The van der Waals surface area contributed by atoms with Crippen LogP contribution in [0.3, 0.4) is 0 Å². The molecule has 0 aliphatic carbocycles. The second-order valence-electron chi connectivity index (χ2n) is 6.84. The summed E-state index contributed by atoms with van der Waals surface area (Å²) in [5, 5.41) is 2.93. The Morgan fingerprint density at radius 3 is 2.85 bits per heavy atom. The summed E-state index contributed by atoms with van der Waals surface area (Å²) < 4.78 is 5.20. The van der Waals surface area contributed by atoms with Gasteiger partial charge in [0.15, 0.2) is 0 Å². The van der Waals surface area contributed by atoms with Crippen molar-refractivity contribution in [2.45, 2.75) is 13.0 Å². The van der Waals surface area contributed by atoms with Gasteiger partial charge >= 0.3 is 6.03 Å². The van der Waals surface area contributed by atoms with E-state index in [1.807, 2.05) is 41.6 Å². The highest BCUT2D eigenvalue weighted by Gasteiger charge is 2.28. The molecule has 0 radical (unpaired) electrons. The van der Waals surface area contributed by atoms with Crippen molar-refractivity contribution in [3.63, 3.8) is 0 Å². The molecule has 1 aromatic carbocycles. The van der Waals surface area contributed by atoms with Crippen LogP contribution in [-0.4, -0.2) is 78.8 Å². The van der Waals surface area contributed by atoms with Gasteiger partial charge < -0.3 is 24.8 Å². The van der Waals surface area contributed by atoms with Crippen molar-refractivity contribution < 1.29 is 9.53 Å². The highest BCUT2D eigenvalue weighted by Crippen LogP contribution is 2.20. The van der Waals surface area contributed by atoms with Crippen molar-refractivity contribution in [3.8, 4) is 5.75 Å². The fourth-order valence-electron chi connectivity index (χ4n) is 3.40.